The number of phenols is 1. The van der Waals surface area contributed by atoms with Gasteiger partial charge < -0.3 is 15.9 Å². The number of benzene rings is 1. The summed E-state index contributed by atoms with van der Waals surface area (Å²) in [6.07, 6.45) is -0.975. The third-order valence-electron chi connectivity index (χ3n) is 1.68. The minimum Gasteiger partial charge on any atom is -0.506 e. The predicted octanol–water partition coefficient (Wildman–Crippen LogP) is 1.29. The van der Waals surface area contributed by atoms with Gasteiger partial charge >= 0.3 is 0 Å². The number of halogens is 2. The highest BCUT2D eigenvalue weighted by Crippen LogP contribution is 2.33. The van der Waals surface area contributed by atoms with E-state index >= 15 is 0 Å². The predicted molar refractivity (Wildman–Crippen MR) is 49.8 cm³/mol. The van der Waals surface area contributed by atoms with E-state index in [9.17, 15) is 14.6 Å². The Balaban J connectivity index is 3.18. The fourth-order valence-electron chi connectivity index (χ4n) is 0.951. The average Bonchev–Trinajstić information content (AvgIpc) is 2.13. The van der Waals surface area contributed by atoms with Crippen LogP contribution in [0.1, 0.15) is 11.7 Å². The summed E-state index contributed by atoms with van der Waals surface area (Å²) < 4.78 is 12.7. The minimum atomic E-state index is -0.975. The van der Waals surface area contributed by atoms with Crippen LogP contribution in [0.2, 0.25) is 0 Å². The highest BCUT2D eigenvalue weighted by atomic mass is 79.9. The van der Waals surface area contributed by atoms with Crippen LogP contribution < -0.4 is 5.73 Å². The molecule has 0 aliphatic heterocycles. The first-order valence-corrected chi connectivity index (χ1v) is 4.42. The maximum Gasteiger partial charge on any atom is 0.141 e. The van der Waals surface area contributed by atoms with Crippen LogP contribution in [0.4, 0.5) is 4.39 Å². The van der Waals surface area contributed by atoms with Gasteiger partial charge in [0.05, 0.1) is 10.6 Å². The number of phenolic OH excluding ortho intramolecular Hbond substituents is 1. The molecule has 1 aromatic carbocycles. The monoisotopic (exact) mass is 249 g/mol. The molecule has 0 amide bonds. The topological polar surface area (TPSA) is 66.5 Å². The lowest BCUT2D eigenvalue weighted by molar-refractivity contribution is 0.182. The van der Waals surface area contributed by atoms with Gasteiger partial charge in [0.1, 0.15) is 11.6 Å². The molecule has 1 rings (SSSR count). The van der Waals surface area contributed by atoms with Crippen molar-refractivity contribution in [3.8, 4) is 5.75 Å². The summed E-state index contributed by atoms with van der Waals surface area (Å²) in [7, 11) is 0. The molecule has 0 aliphatic carbocycles. The van der Waals surface area contributed by atoms with Crippen molar-refractivity contribution in [3.05, 3.63) is 28.0 Å². The minimum absolute atomic E-state index is 0.0222. The van der Waals surface area contributed by atoms with E-state index in [1.165, 1.54) is 6.07 Å². The van der Waals surface area contributed by atoms with Crippen LogP contribution in [0, 0.1) is 5.82 Å². The molecule has 5 heteroatoms. The van der Waals surface area contributed by atoms with Gasteiger partial charge in [-0.2, -0.15) is 0 Å². The number of rotatable bonds is 2. The van der Waals surface area contributed by atoms with E-state index in [0.29, 0.717) is 0 Å². The normalized spacial score (nSPS) is 12.9. The largest absolute Gasteiger partial charge is 0.506 e. The summed E-state index contributed by atoms with van der Waals surface area (Å²) in [5.41, 5.74) is 5.41. The quantitative estimate of drug-likeness (QED) is 0.740. The van der Waals surface area contributed by atoms with Gasteiger partial charge in [-0.1, -0.05) is 0 Å². The molecule has 13 heavy (non-hydrogen) atoms. The second-order valence-electron chi connectivity index (χ2n) is 2.55. The number of hydrogen-bond donors (Lipinski definition) is 3. The van der Waals surface area contributed by atoms with Crippen molar-refractivity contribution < 1.29 is 14.6 Å². The van der Waals surface area contributed by atoms with Crippen molar-refractivity contribution in [1.82, 2.24) is 0 Å². The molecule has 0 heterocycles. The van der Waals surface area contributed by atoms with Crippen LogP contribution >= 0.6 is 15.9 Å². The Morgan fingerprint density at radius 1 is 1.54 bits per heavy atom. The molecule has 0 aliphatic rings. The maximum atomic E-state index is 12.8. The lowest BCUT2D eigenvalue weighted by Gasteiger charge is -2.11. The van der Waals surface area contributed by atoms with Crippen molar-refractivity contribution in [2.75, 3.05) is 6.54 Å². The molecule has 4 N–H and O–H groups in total. The zero-order chi connectivity index (χ0) is 10.0. The van der Waals surface area contributed by atoms with Gasteiger partial charge in [0.2, 0.25) is 0 Å². The zero-order valence-electron chi connectivity index (χ0n) is 6.67. The fourth-order valence-corrected chi connectivity index (χ4v) is 1.31. The van der Waals surface area contributed by atoms with Crippen LogP contribution in [0.5, 0.6) is 5.75 Å². The van der Waals surface area contributed by atoms with E-state index in [-0.39, 0.29) is 22.3 Å². The van der Waals surface area contributed by atoms with E-state index < -0.39 is 11.9 Å². The summed E-state index contributed by atoms with van der Waals surface area (Å²) >= 11 is 2.85. The molecule has 3 nitrogen and oxygen atoms in total. The molecule has 0 saturated heterocycles. The van der Waals surface area contributed by atoms with Gasteiger partial charge in [0.15, 0.2) is 0 Å². The Hall–Kier alpha value is -0.650. The van der Waals surface area contributed by atoms with E-state index in [2.05, 4.69) is 15.9 Å². The Kier molecular flexibility index (Phi) is 3.24. The summed E-state index contributed by atoms with van der Waals surface area (Å²) in [6.45, 7) is -0.0222. The van der Waals surface area contributed by atoms with Crippen molar-refractivity contribution >= 4 is 15.9 Å². The van der Waals surface area contributed by atoms with Crippen molar-refractivity contribution in [3.63, 3.8) is 0 Å². The summed E-state index contributed by atoms with van der Waals surface area (Å²) in [6, 6.07) is 2.45. The molecule has 1 atom stereocenters. The standard InChI is InChI=1S/C8H9BrFNO2/c9-7-5(10)2-1-4(8(7)13)6(12)3-11/h1-2,6,12-13H,3,11H2. The van der Waals surface area contributed by atoms with Crippen LogP contribution in [-0.4, -0.2) is 16.8 Å². The lowest BCUT2D eigenvalue weighted by Crippen LogP contribution is -2.11. The van der Waals surface area contributed by atoms with Gasteiger partial charge in [-0.25, -0.2) is 4.39 Å². The van der Waals surface area contributed by atoms with E-state index in [1.807, 2.05) is 0 Å². The van der Waals surface area contributed by atoms with Gasteiger partial charge in [-0.05, 0) is 28.1 Å². The number of aromatic hydroxyl groups is 1. The SMILES string of the molecule is NCC(O)c1ccc(F)c(Br)c1O. The van der Waals surface area contributed by atoms with Crippen LogP contribution in [-0.2, 0) is 0 Å². The van der Waals surface area contributed by atoms with E-state index in [0.717, 1.165) is 6.07 Å². The van der Waals surface area contributed by atoms with Gasteiger partial charge in [0, 0.05) is 12.1 Å². The van der Waals surface area contributed by atoms with Crippen LogP contribution in [0.15, 0.2) is 16.6 Å². The van der Waals surface area contributed by atoms with Gasteiger partial charge in [-0.15, -0.1) is 0 Å². The molecule has 0 radical (unpaired) electrons. The molecular formula is C8H9BrFNO2. The first-order valence-electron chi connectivity index (χ1n) is 3.63. The fraction of sp³-hybridized carbons (Fsp3) is 0.250. The second kappa shape index (κ2) is 4.04. The third-order valence-corrected chi connectivity index (χ3v) is 2.44. The molecule has 1 unspecified atom stereocenters. The molecule has 0 spiro atoms. The van der Waals surface area contributed by atoms with E-state index in [1.54, 1.807) is 0 Å². The zero-order valence-corrected chi connectivity index (χ0v) is 8.25. The number of nitrogens with two attached hydrogens (primary N) is 1. The number of hydrogen-bond acceptors (Lipinski definition) is 3. The molecule has 0 fully saturated rings. The molecular weight excluding hydrogens is 241 g/mol. The molecule has 0 saturated carbocycles. The smallest absolute Gasteiger partial charge is 0.141 e. The van der Waals surface area contributed by atoms with Crippen LogP contribution in [0.3, 0.4) is 0 Å². The van der Waals surface area contributed by atoms with Crippen molar-refractivity contribution in [2.45, 2.75) is 6.10 Å². The highest BCUT2D eigenvalue weighted by Gasteiger charge is 2.15. The summed E-state index contributed by atoms with van der Waals surface area (Å²) in [5, 5.41) is 18.7. The van der Waals surface area contributed by atoms with Crippen molar-refractivity contribution in [1.29, 1.82) is 0 Å². The second-order valence-corrected chi connectivity index (χ2v) is 3.34. The Bertz CT molecular complexity index is 319. The highest BCUT2D eigenvalue weighted by molar-refractivity contribution is 9.10. The maximum absolute atomic E-state index is 12.8. The number of aliphatic hydroxyl groups is 1. The Morgan fingerprint density at radius 3 is 2.69 bits per heavy atom. The van der Waals surface area contributed by atoms with Gasteiger partial charge in [-0.3, -0.25) is 0 Å². The lowest BCUT2D eigenvalue weighted by atomic mass is 10.1. The summed E-state index contributed by atoms with van der Waals surface area (Å²) in [4.78, 5) is 0. The van der Waals surface area contributed by atoms with Crippen LogP contribution in [0.25, 0.3) is 0 Å². The van der Waals surface area contributed by atoms with Gasteiger partial charge in [0.25, 0.3) is 0 Å². The Labute approximate surface area is 83.1 Å². The number of aliphatic hydroxyl groups excluding tert-OH is 1. The van der Waals surface area contributed by atoms with Crippen molar-refractivity contribution in [2.24, 2.45) is 5.73 Å². The molecule has 1 aromatic rings. The molecule has 0 aromatic heterocycles. The average molecular weight is 250 g/mol. The Morgan fingerprint density at radius 2 is 2.15 bits per heavy atom. The third kappa shape index (κ3) is 1.99. The first-order chi connectivity index (χ1) is 6.07. The summed E-state index contributed by atoms with van der Waals surface area (Å²) in [5.74, 6) is -0.886. The van der Waals surface area contributed by atoms with E-state index in [4.69, 9.17) is 5.73 Å². The first kappa shape index (κ1) is 10.4. The molecule has 0 bridgehead atoms. The molecule has 72 valence electrons.